The molecule has 0 aliphatic heterocycles. The van der Waals surface area contributed by atoms with Gasteiger partial charge in [-0.15, -0.1) is 0 Å². The van der Waals surface area contributed by atoms with E-state index in [2.05, 4.69) is 4.98 Å². The lowest BCUT2D eigenvalue weighted by Crippen LogP contribution is -2.04. The molecule has 1 aromatic heterocycles. The van der Waals surface area contributed by atoms with Crippen LogP contribution in [0.4, 0.5) is 17.6 Å². The highest BCUT2D eigenvalue weighted by molar-refractivity contribution is 5.93. The molecule has 0 saturated heterocycles. The third-order valence-corrected chi connectivity index (χ3v) is 3.37. The van der Waals surface area contributed by atoms with Gasteiger partial charge in [-0.1, -0.05) is 0 Å². The van der Waals surface area contributed by atoms with E-state index in [1.165, 1.54) is 30.3 Å². The molecule has 0 amide bonds. The molecular weight excluding hydrogens is 296 g/mol. The zero-order chi connectivity index (χ0) is 15.9. The van der Waals surface area contributed by atoms with Gasteiger partial charge in [0.1, 0.15) is 11.9 Å². The van der Waals surface area contributed by atoms with Gasteiger partial charge in [0.15, 0.2) is 0 Å². The number of benzene rings is 2. The van der Waals surface area contributed by atoms with Crippen molar-refractivity contribution in [2.45, 2.75) is 6.18 Å². The maximum Gasteiger partial charge on any atom is 0.416 e. The Kier molecular flexibility index (Phi) is 3.14. The van der Waals surface area contributed by atoms with Gasteiger partial charge in [0, 0.05) is 10.9 Å². The monoisotopic (exact) mass is 304 g/mol. The number of halogens is 4. The highest BCUT2D eigenvalue weighted by atomic mass is 19.4. The van der Waals surface area contributed by atoms with Crippen molar-refractivity contribution < 1.29 is 17.6 Å². The maximum absolute atomic E-state index is 13.0. The topological polar surface area (TPSA) is 39.6 Å². The molecule has 6 heteroatoms. The summed E-state index contributed by atoms with van der Waals surface area (Å²) in [5, 5.41) is 9.48. The second-order valence-electron chi connectivity index (χ2n) is 4.75. The van der Waals surface area contributed by atoms with Crippen LogP contribution in [0.1, 0.15) is 11.1 Å². The molecule has 22 heavy (non-hydrogen) atoms. The fourth-order valence-electron chi connectivity index (χ4n) is 2.32. The van der Waals surface area contributed by atoms with Gasteiger partial charge in [0.25, 0.3) is 0 Å². The van der Waals surface area contributed by atoms with Crippen LogP contribution < -0.4 is 0 Å². The molecule has 2 aromatic carbocycles. The quantitative estimate of drug-likeness (QED) is 0.640. The number of hydrogen-bond acceptors (Lipinski definition) is 1. The van der Waals surface area contributed by atoms with Crippen molar-refractivity contribution in [3.63, 3.8) is 0 Å². The Bertz CT molecular complexity index is 883. The van der Waals surface area contributed by atoms with Crippen LogP contribution in [0.2, 0.25) is 0 Å². The Morgan fingerprint density at radius 1 is 1.00 bits per heavy atom. The number of rotatable bonds is 1. The first kappa shape index (κ1) is 14.1. The van der Waals surface area contributed by atoms with Crippen molar-refractivity contribution >= 4 is 10.9 Å². The van der Waals surface area contributed by atoms with Crippen LogP contribution in [0.15, 0.2) is 42.5 Å². The molecule has 2 nitrogen and oxygen atoms in total. The highest BCUT2D eigenvalue weighted by Crippen LogP contribution is 2.35. The molecule has 0 atom stereocenters. The van der Waals surface area contributed by atoms with Gasteiger partial charge in [0.2, 0.25) is 0 Å². The number of fused-ring (bicyclic) bond motifs is 1. The number of nitrogens with zero attached hydrogens (tertiary/aromatic N) is 1. The molecule has 0 bridgehead atoms. The van der Waals surface area contributed by atoms with Crippen molar-refractivity contribution in [1.82, 2.24) is 4.98 Å². The Morgan fingerprint density at radius 3 is 2.27 bits per heavy atom. The molecule has 0 saturated carbocycles. The van der Waals surface area contributed by atoms with Crippen molar-refractivity contribution in [1.29, 1.82) is 5.26 Å². The van der Waals surface area contributed by atoms with E-state index in [4.69, 9.17) is 0 Å². The molecule has 1 N–H and O–H groups in total. The average molecular weight is 304 g/mol. The summed E-state index contributed by atoms with van der Waals surface area (Å²) in [6, 6.07) is 10.5. The number of aromatic nitrogens is 1. The first-order chi connectivity index (χ1) is 10.4. The minimum absolute atomic E-state index is 0.104. The lowest BCUT2D eigenvalue weighted by molar-refractivity contribution is -0.137. The Hall–Kier alpha value is -2.81. The fourth-order valence-corrected chi connectivity index (χ4v) is 2.32. The van der Waals surface area contributed by atoms with Crippen LogP contribution >= 0.6 is 0 Å². The molecule has 3 aromatic rings. The van der Waals surface area contributed by atoms with Crippen LogP contribution in [0, 0.1) is 17.1 Å². The zero-order valence-corrected chi connectivity index (χ0v) is 11.0. The minimum Gasteiger partial charge on any atom is -0.353 e. The summed E-state index contributed by atoms with van der Waals surface area (Å²) in [6.07, 6.45) is -4.48. The predicted molar refractivity (Wildman–Crippen MR) is 73.4 cm³/mol. The van der Waals surface area contributed by atoms with Gasteiger partial charge in [-0.2, -0.15) is 18.4 Å². The number of nitriles is 1. The van der Waals surface area contributed by atoms with Gasteiger partial charge in [0.05, 0.1) is 16.8 Å². The summed E-state index contributed by atoms with van der Waals surface area (Å²) < 4.78 is 51.3. The Morgan fingerprint density at radius 2 is 1.68 bits per heavy atom. The smallest absolute Gasteiger partial charge is 0.353 e. The summed E-state index contributed by atoms with van der Waals surface area (Å²) in [6.45, 7) is 0. The number of nitrogens with one attached hydrogen (secondary N) is 1. The van der Waals surface area contributed by atoms with E-state index in [9.17, 15) is 22.8 Å². The van der Waals surface area contributed by atoms with Crippen LogP contribution in [0.25, 0.3) is 22.2 Å². The Balaban J connectivity index is 2.25. The van der Waals surface area contributed by atoms with E-state index >= 15 is 0 Å². The summed E-state index contributed by atoms with van der Waals surface area (Å²) in [5.41, 5.74) is 0.609. The number of alkyl halides is 3. The van der Waals surface area contributed by atoms with E-state index in [-0.39, 0.29) is 10.9 Å². The second kappa shape index (κ2) is 4.88. The van der Waals surface area contributed by atoms with Crippen LogP contribution in [0.3, 0.4) is 0 Å². The molecule has 0 fully saturated rings. The first-order valence-electron chi connectivity index (χ1n) is 6.29. The van der Waals surface area contributed by atoms with E-state index in [1.807, 2.05) is 6.07 Å². The molecule has 1 heterocycles. The molecule has 0 unspecified atom stereocenters. The molecule has 0 spiro atoms. The van der Waals surface area contributed by atoms with Gasteiger partial charge < -0.3 is 4.98 Å². The third-order valence-electron chi connectivity index (χ3n) is 3.37. The van der Waals surface area contributed by atoms with Crippen molar-refractivity contribution in [3.8, 4) is 17.3 Å². The lowest BCUT2D eigenvalue weighted by atomic mass is 10.0. The number of hydrogen-bond donors (Lipinski definition) is 1. The molecule has 0 aliphatic carbocycles. The third kappa shape index (κ3) is 2.31. The lowest BCUT2D eigenvalue weighted by Gasteiger charge is -2.05. The van der Waals surface area contributed by atoms with E-state index in [0.717, 1.165) is 12.1 Å². The normalized spacial score (nSPS) is 11.6. The van der Waals surface area contributed by atoms with Crippen LogP contribution in [-0.2, 0) is 6.18 Å². The molecule has 3 rings (SSSR count). The minimum atomic E-state index is -4.48. The summed E-state index contributed by atoms with van der Waals surface area (Å²) in [5.74, 6) is -0.433. The van der Waals surface area contributed by atoms with Gasteiger partial charge >= 0.3 is 6.18 Å². The molecule has 0 radical (unpaired) electrons. The number of H-pyrrole nitrogens is 1. The predicted octanol–water partition coefficient (Wildman–Crippen LogP) is 4.86. The molecule has 0 aliphatic rings. The van der Waals surface area contributed by atoms with Crippen molar-refractivity contribution in [2.24, 2.45) is 0 Å². The van der Waals surface area contributed by atoms with Gasteiger partial charge in [-0.3, -0.25) is 0 Å². The first-order valence-corrected chi connectivity index (χ1v) is 6.29. The van der Waals surface area contributed by atoms with E-state index in [1.54, 1.807) is 0 Å². The second-order valence-corrected chi connectivity index (χ2v) is 4.75. The Labute approximate surface area is 122 Å². The standard InChI is InChI=1S/C16H8F4N2/c17-11-4-1-9(2-5-11)15-13(8-21)12-7-10(16(18,19)20)3-6-14(12)22-15/h1-7,22H. The van der Waals surface area contributed by atoms with Gasteiger partial charge in [-0.05, 0) is 48.0 Å². The zero-order valence-electron chi connectivity index (χ0n) is 11.0. The van der Waals surface area contributed by atoms with E-state index in [0.29, 0.717) is 16.8 Å². The summed E-state index contributed by atoms with van der Waals surface area (Å²) >= 11 is 0. The van der Waals surface area contributed by atoms with E-state index < -0.39 is 17.6 Å². The maximum atomic E-state index is 13.0. The SMILES string of the molecule is N#Cc1c(-c2ccc(F)cc2)[nH]c2ccc(C(F)(F)F)cc12. The van der Waals surface area contributed by atoms with Crippen molar-refractivity contribution in [3.05, 3.63) is 59.4 Å². The fraction of sp³-hybridized carbons (Fsp3) is 0.0625. The molecule has 110 valence electrons. The summed E-state index contributed by atoms with van der Waals surface area (Å²) in [7, 11) is 0. The largest absolute Gasteiger partial charge is 0.416 e. The number of aromatic amines is 1. The summed E-state index contributed by atoms with van der Waals surface area (Å²) in [4.78, 5) is 2.92. The van der Waals surface area contributed by atoms with Crippen molar-refractivity contribution in [2.75, 3.05) is 0 Å². The molecular formula is C16H8F4N2. The highest BCUT2D eigenvalue weighted by Gasteiger charge is 2.31. The van der Waals surface area contributed by atoms with Crippen LogP contribution in [-0.4, -0.2) is 4.98 Å². The average Bonchev–Trinajstić information content (AvgIpc) is 2.84. The van der Waals surface area contributed by atoms with Crippen LogP contribution in [0.5, 0.6) is 0 Å². The van der Waals surface area contributed by atoms with Gasteiger partial charge in [-0.25, -0.2) is 4.39 Å².